The van der Waals surface area contributed by atoms with Crippen molar-refractivity contribution in [3.63, 3.8) is 0 Å². The predicted octanol–water partition coefficient (Wildman–Crippen LogP) is 4.07. The highest BCUT2D eigenvalue weighted by Gasteiger charge is 2.15. The molecule has 1 aromatic rings. The first kappa shape index (κ1) is 15.8. The van der Waals surface area contributed by atoms with E-state index in [-0.39, 0.29) is 6.04 Å². The fourth-order valence-electron chi connectivity index (χ4n) is 2.51. The fraction of sp³-hybridized carbons (Fsp3) is 0.625. The van der Waals surface area contributed by atoms with Crippen molar-refractivity contribution in [3.05, 3.63) is 28.2 Å². The van der Waals surface area contributed by atoms with Crippen LogP contribution in [0.3, 0.4) is 0 Å². The first-order valence-electron chi connectivity index (χ1n) is 7.42. The summed E-state index contributed by atoms with van der Waals surface area (Å²) in [6, 6.07) is 6.47. The molecule has 0 bridgehead atoms. The highest BCUT2D eigenvalue weighted by Crippen LogP contribution is 2.28. The Morgan fingerprint density at radius 2 is 2.35 bits per heavy atom. The molecule has 1 aliphatic heterocycles. The fourth-order valence-corrected chi connectivity index (χ4v) is 2.89. The molecular formula is C16H24BrNO2. The molecule has 0 aliphatic carbocycles. The summed E-state index contributed by atoms with van der Waals surface area (Å²) in [4.78, 5) is 0. The third kappa shape index (κ3) is 4.47. The number of benzene rings is 1. The zero-order chi connectivity index (χ0) is 14.4. The maximum atomic E-state index is 5.96. The Labute approximate surface area is 130 Å². The lowest BCUT2D eigenvalue weighted by molar-refractivity contribution is 0.0980. The lowest BCUT2D eigenvalue weighted by Crippen LogP contribution is -2.14. The molecule has 112 valence electrons. The predicted molar refractivity (Wildman–Crippen MR) is 85.3 cm³/mol. The van der Waals surface area contributed by atoms with E-state index < -0.39 is 0 Å². The van der Waals surface area contributed by atoms with Gasteiger partial charge in [-0.15, -0.1) is 0 Å². The average molecular weight is 342 g/mol. The molecule has 3 nitrogen and oxygen atoms in total. The maximum Gasteiger partial charge on any atom is 0.124 e. The Morgan fingerprint density at radius 1 is 1.50 bits per heavy atom. The molecule has 0 amide bonds. The van der Waals surface area contributed by atoms with E-state index in [0.717, 1.165) is 36.3 Å². The van der Waals surface area contributed by atoms with E-state index >= 15 is 0 Å². The van der Waals surface area contributed by atoms with Crippen LogP contribution in [0, 0.1) is 0 Å². The Kier molecular flexibility index (Phi) is 6.33. The van der Waals surface area contributed by atoms with Crippen LogP contribution in [0.1, 0.15) is 44.2 Å². The summed E-state index contributed by atoms with van der Waals surface area (Å²) >= 11 is 3.52. The molecule has 1 fully saturated rings. The van der Waals surface area contributed by atoms with Gasteiger partial charge >= 0.3 is 0 Å². The number of nitrogens with one attached hydrogen (secondary N) is 1. The van der Waals surface area contributed by atoms with Gasteiger partial charge < -0.3 is 14.8 Å². The van der Waals surface area contributed by atoms with Gasteiger partial charge in [0, 0.05) is 22.7 Å². The summed E-state index contributed by atoms with van der Waals surface area (Å²) in [6.45, 7) is 3.83. The quantitative estimate of drug-likeness (QED) is 0.758. The minimum absolute atomic E-state index is 0.278. The van der Waals surface area contributed by atoms with Gasteiger partial charge in [-0.05, 0) is 57.9 Å². The minimum atomic E-state index is 0.278. The summed E-state index contributed by atoms with van der Waals surface area (Å²) in [5, 5.41) is 3.26. The molecule has 2 rings (SSSR count). The summed E-state index contributed by atoms with van der Waals surface area (Å²) < 4.78 is 12.7. The molecule has 4 heteroatoms. The van der Waals surface area contributed by atoms with E-state index in [1.807, 2.05) is 19.2 Å². The molecule has 0 radical (unpaired) electrons. The lowest BCUT2D eigenvalue weighted by atomic mass is 10.1. The van der Waals surface area contributed by atoms with Crippen molar-refractivity contribution in [2.75, 3.05) is 20.3 Å². The third-order valence-corrected chi connectivity index (χ3v) is 4.32. The number of hydrogen-bond acceptors (Lipinski definition) is 3. The largest absolute Gasteiger partial charge is 0.493 e. The van der Waals surface area contributed by atoms with Crippen LogP contribution in [0.2, 0.25) is 0 Å². The van der Waals surface area contributed by atoms with Crippen LogP contribution in [0.4, 0.5) is 0 Å². The first-order chi connectivity index (χ1) is 9.70. The molecule has 1 N–H and O–H groups in total. The molecule has 2 atom stereocenters. The van der Waals surface area contributed by atoms with Gasteiger partial charge in [0.05, 0.1) is 12.7 Å². The monoisotopic (exact) mass is 341 g/mol. The van der Waals surface area contributed by atoms with Crippen molar-refractivity contribution in [2.24, 2.45) is 0 Å². The second-order valence-corrected chi connectivity index (χ2v) is 6.23. The molecule has 1 aromatic carbocycles. The van der Waals surface area contributed by atoms with Crippen LogP contribution in [-0.4, -0.2) is 26.4 Å². The standard InChI is InChI=1S/C16H24BrNO2/c1-12(18-2)15-11-13(17)7-8-16(15)20-10-4-6-14-5-3-9-19-14/h7-8,11-12,14,18H,3-6,9-10H2,1-2H3. The van der Waals surface area contributed by atoms with Crippen molar-refractivity contribution < 1.29 is 9.47 Å². The zero-order valence-corrected chi connectivity index (χ0v) is 13.9. The summed E-state index contributed by atoms with van der Waals surface area (Å²) in [6.07, 6.45) is 5.03. The zero-order valence-electron chi connectivity index (χ0n) is 12.3. The molecule has 1 aliphatic rings. The Bertz CT molecular complexity index is 419. The molecule has 2 unspecified atom stereocenters. The number of rotatable bonds is 7. The van der Waals surface area contributed by atoms with Gasteiger partial charge in [-0.2, -0.15) is 0 Å². The van der Waals surface area contributed by atoms with E-state index in [1.165, 1.54) is 18.4 Å². The van der Waals surface area contributed by atoms with E-state index in [2.05, 4.69) is 34.2 Å². The van der Waals surface area contributed by atoms with Crippen molar-refractivity contribution >= 4 is 15.9 Å². The third-order valence-electron chi connectivity index (χ3n) is 3.82. The van der Waals surface area contributed by atoms with Gasteiger partial charge in [0.25, 0.3) is 0 Å². The van der Waals surface area contributed by atoms with Crippen LogP contribution >= 0.6 is 15.9 Å². The summed E-state index contributed by atoms with van der Waals surface area (Å²) in [7, 11) is 1.97. The number of ether oxygens (including phenoxy) is 2. The minimum Gasteiger partial charge on any atom is -0.493 e. The van der Waals surface area contributed by atoms with E-state index in [9.17, 15) is 0 Å². The highest BCUT2D eigenvalue weighted by atomic mass is 79.9. The molecule has 0 aromatic heterocycles. The molecule has 0 saturated carbocycles. The van der Waals surface area contributed by atoms with Gasteiger partial charge in [-0.3, -0.25) is 0 Å². The van der Waals surface area contributed by atoms with Crippen molar-refractivity contribution in [2.45, 2.75) is 44.8 Å². The van der Waals surface area contributed by atoms with Crippen LogP contribution in [0.25, 0.3) is 0 Å². The summed E-state index contributed by atoms with van der Waals surface area (Å²) in [5.41, 5.74) is 1.19. The van der Waals surface area contributed by atoms with Crippen LogP contribution < -0.4 is 10.1 Å². The molecule has 1 saturated heterocycles. The van der Waals surface area contributed by atoms with Gasteiger partial charge in [-0.1, -0.05) is 15.9 Å². The SMILES string of the molecule is CNC(C)c1cc(Br)ccc1OCCCC1CCCO1. The average Bonchev–Trinajstić information content (AvgIpc) is 2.97. The van der Waals surface area contributed by atoms with Gasteiger partial charge in [0.2, 0.25) is 0 Å². The van der Waals surface area contributed by atoms with Gasteiger partial charge in [0.15, 0.2) is 0 Å². The molecule has 1 heterocycles. The number of hydrogen-bond donors (Lipinski definition) is 1. The second-order valence-electron chi connectivity index (χ2n) is 5.32. The normalized spacial score (nSPS) is 20.1. The van der Waals surface area contributed by atoms with Crippen LogP contribution in [0.15, 0.2) is 22.7 Å². The van der Waals surface area contributed by atoms with E-state index in [0.29, 0.717) is 6.10 Å². The topological polar surface area (TPSA) is 30.5 Å². The van der Waals surface area contributed by atoms with Gasteiger partial charge in [-0.25, -0.2) is 0 Å². The second kappa shape index (κ2) is 8.01. The maximum absolute atomic E-state index is 5.96. The van der Waals surface area contributed by atoms with E-state index in [4.69, 9.17) is 9.47 Å². The smallest absolute Gasteiger partial charge is 0.124 e. The first-order valence-corrected chi connectivity index (χ1v) is 8.21. The Balaban J connectivity index is 1.84. The highest BCUT2D eigenvalue weighted by molar-refractivity contribution is 9.10. The lowest BCUT2D eigenvalue weighted by Gasteiger charge is -2.17. The van der Waals surface area contributed by atoms with Gasteiger partial charge in [0.1, 0.15) is 5.75 Å². The molecule has 20 heavy (non-hydrogen) atoms. The summed E-state index contributed by atoms with van der Waals surface area (Å²) in [5.74, 6) is 0.974. The van der Waals surface area contributed by atoms with Crippen LogP contribution in [0.5, 0.6) is 5.75 Å². The van der Waals surface area contributed by atoms with Crippen LogP contribution in [-0.2, 0) is 4.74 Å². The Hall–Kier alpha value is -0.580. The van der Waals surface area contributed by atoms with E-state index in [1.54, 1.807) is 0 Å². The molecular weight excluding hydrogens is 318 g/mol. The molecule has 0 spiro atoms. The van der Waals surface area contributed by atoms with Crippen molar-refractivity contribution in [1.29, 1.82) is 0 Å². The van der Waals surface area contributed by atoms with Crippen molar-refractivity contribution in [1.82, 2.24) is 5.32 Å². The Morgan fingerprint density at radius 3 is 3.05 bits per heavy atom. The van der Waals surface area contributed by atoms with Crippen molar-refractivity contribution in [3.8, 4) is 5.75 Å². The number of halogens is 1.